The quantitative estimate of drug-likeness (QED) is 0.778. The molecule has 1 aromatic heterocycles. The van der Waals surface area contributed by atoms with Crippen molar-refractivity contribution < 1.29 is 4.52 Å². The van der Waals surface area contributed by atoms with Crippen LogP contribution in [0.5, 0.6) is 0 Å². The predicted octanol–water partition coefficient (Wildman–Crippen LogP) is 3.57. The maximum absolute atomic E-state index is 5.98. The van der Waals surface area contributed by atoms with Crippen LogP contribution < -0.4 is 5.32 Å². The highest BCUT2D eigenvalue weighted by Gasteiger charge is 2.12. The molecule has 1 heterocycles. The Kier molecular flexibility index (Phi) is 6.52. The SMILES string of the molecule is CNC(C)Cc1noc(-c2ccc(Cl)c(I)c2)n1.Cl. The van der Waals surface area contributed by atoms with Gasteiger partial charge in [-0.05, 0) is 54.8 Å². The highest BCUT2D eigenvalue weighted by Crippen LogP contribution is 2.25. The Morgan fingerprint density at radius 3 is 2.84 bits per heavy atom. The maximum Gasteiger partial charge on any atom is 0.257 e. The summed E-state index contributed by atoms with van der Waals surface area (Å²) in [5, 5.41) is 7.83. The minimum absolute atomic E-state index is 0. The molecule has 7 heteroatoms. The lowest BCUT2D eigenvalue weighted by atomic mass is 10.2. The number of rotatable bonds is 4. The Morgan fingerprint density at radius 2 is 2.21 bits per heavy atom. The van der Waals surface area contributed by atoms with Crippen molar-refractivity contribution >= 4 is 46.6 Å². The molecule has 4 nitrogen and oxygen atoms in total. The molecule has 0 bridgehead atoms. The summed E-state index contributed by atoms with van der Waals surface area (Å²) in [6.45, 7) is 2.07. The van der Waals surface area contributed by atoms with Crippen molar-refractivity contribution in [1.29, 1.82) is 0 Å². The summed E-state index contributed by atoms with van der Waals surface area (Å²) in [5.74, 6) is 1.24. The van der Waals surface area contributed by atoms with E-state index in [1.54, 1.807) is 0 Å². The van der Waals surface area contributed by atoms with E-state index in [1.165, 1.54) is 0 Å². The third-order valence-corrected chi connectivity index (χ3v) is 4.16. The van der Waals surface area contributed by atoms with Crippen LogP contribution in [0.3, 0.4) is 0 Å². The van der Waals surface area contributed by atoms with Crippen molar-refractivity contribution in [2.75, 3.05) is 7.05 Å². The van der Waals surface area contributed by atoms with Gasteiger partial charge in [0, 0.05) is 21.6 Å². The fourth-order valence-electron chi connectivity index (χ4n) is 1.46. The first-order chi connectivity index (χ1) is 8.60. The molecular formula is C12H14Cl2IN3O. The summed E-state index contributed by atoms with van der Waals surface area (Å²) < 4.78 is 6.22. The highest BCUT2D eigenvalue weighted by atomic mass is 127. The van der Waals surface area contributed by atoms with Crippen LogP contribution in [0.1, 0.15) is 12.7 Å². The van der Waals surface area contributed by atoms with Crippen LogP contribution in [-0.4, -0.2) is 23.2 Å². The fourth-order valence-corrected chi connectivity index (χ4v) is 2.09. The van der Waals surface area contributed by atoms with Gasteiger partial charge in [0.15, 0.2) is 5.82 Å². The molecule has 0 aliphatic carbocycles. The second-order valence-electron chi connectivity index (χ2n) is 4.04. The summed E-state index contributed by atoms with van der Waals surface area (Å²) in [6, 6.07) is 5.96. The number of benzene rings is 1. The fraction of sp³-hybridized carbons (Fsp3) is 0.333. The predicted molar refractivity (Wildman–Crippen MR) is 86.9 cm³/mol. The number of nitrogens with zero attached hydrogens (tertiary/aromatic N) is 2. The standard InChI is InChI=1S/C12H13ClIN3O.ClH/c1-7(15-2)5-11-16-12(18-17-11)8-3-4-9(13)10(14)6-8;/h3-4,6-7,15H,5H2,1-2H3;1H. The van der Waals surface area contributed by atoms with Crippen LogP contribution in [-0.2, 0) is 6.42 Å². The Morgan fingerprint density at radius 1 is 1.47 bits per heavy atom. The first-order valence-electron chi connectivity index (χ1n) is 5.55. The van der Waals surface area contributed by atoms with Gasteiger partial charge in [-0.3, -0.25) is 0 Å². The van der Waals surface area contributed by atoms with Crippen molar-refractivity contribution in [3.05, 3.63) is 32.6 Å². The number of halogens is 3. The Hall–Kier alpha value is -0.370. The number of aromatic nitrogens is 2. The lowest BCUT2D eigenvalue weighted by Crippen LogP contribution is -2.24. The summed E-state index contributed by atoms with van der Waals surface area (Å²) >= 11 is 8.16. The molecule has 2 aromatic rings. The van der Waals surface area contributed by atoms with Crippen LogP contribution in [0.15, 0.2) is 22.7 Å². The first kappa shape index (κ1) is 16.7. The summed E-state index contributed by atoms with van der Waals surface area (Å²) in [4.78, 5) is 4.38. The van der Waals surface area contributed by atoms with Gasteiger partial charge in [-0.25, -0.2) is 0 Å². The van der Waals surface area contributed by atoms with Gasteiger partial charge < -0.3 is 9.84 Å². The van der Waals surface area contributed by atoms with Gasteiger partial charge in [-0.1, -0.05) is 16.8 Å². The summed E-state index contributed by atoms with van der Waals surface area (Å²) in [7, 11) is 1.91. The van der Waals surface area contributed by atoms with E-state index in [2.05, 4.69) is 45.0 Å². The van der Waals surface area contributed by atoms with Crippen molar-refractivity contribution in [2.24, 2.45) is 0 Å². The van der Waals surface area contributed by atoms with Gasteiger partial charge in [-0.2, -0.15) is 4.98 Å². The number of hydrogen-bond acceptors (Lipinski definition) is 4. The summed E-state index contributed by atoms with van der Waals surface area (Å²) in [5.41, 5.74) is 0.889. The van der Waals surface area contributed by atoms with Crippen LogP contribution in [0, 0.1) is 3.57 Å². The Bertz CT molecular complexity index is 548. The van der Waals surface area contributed by atoms with E-state index >= 15 is 0 Å². The second-order valence-corrected chi connectivity index (χ2v) is 5.61. The minimum atomic E-state index is 0. The van der Waals surface area contributed by atoms with Gasteiger partial charge in [0.1, 0.15) is 0 Å². The average molecular weight is 414 g/mol. The largest absolute Gasteiger partial charge is 0.334 e. The van der Waals surface area contributed by atoms with E-state index in [0.717, 1.165) is 20.6 Å². The number of hydrogen-bond donors (Lipinski definition) is 1. The Labute approximate surface area is 136 Å². The average Bonchev–Trinajstić information content (AvgIpc) is 2.81. The smallest absolute Gasteiger partial charge is 0.257 e. The van der Waals surface area contributed by atoms with E-state index in [0.29, 0.717) is 17.8 Å². The van der Waals surface area contributed by atoms with E-state index in [9.17, 15) is 0 Å². The molecule has 1 N–H and O–H groups in total. The maximum atomic E-state index is 5.98. The molecule has 0 fully saturated rings. The lowest BCUT2D eigenvalue weighted by Gasteiger charge is -2.04. The molecule has 2 rings (SSSR count). The van der Waals surface area contributed by atoms with Crippen molar-refractivity contribution in [2.45, 2.75) is 19.4 Å². The number of nitrogens with one attached hydrogen (secondary N) is 1. The van der Waals surface area contributed by atoms with E-state index in [4.69, 9.17) is 16.1 Å². The molecule has 1 atom stereocenters. The molecule has 1 unspecified atom stereocenters. The molecule has 104 valence electrons. The van der Waals surface area contributed by atoms with Crippen molar-refractivity contribution in [1.82, 2.24) is 15.5 Å². The third-order valence-electron chi connectivity index (χ3n) is 2.62. The zero-order valence-electron chi connectivity index (χ0n) is 10.5. The van der Waals surface area contributed by atoms with Crippen LogP contribution in [0.4, 0.5) is 0 Å². The molecule has 1 aromatic carbocycles. The lowest BCUT2D eigenvalue weighted by molar-refractivity contribution is 0.418. The molecule has 0 aliphatic heterocycles. The van der Waals surface area contributed by atoms with Crippen molar-refractivity contribution in [3.8, 4) is 11.5 Å². The first-order valence-corrected chi connectivity index (χ1v) is 7.01. The third kappa shape index (κ3) is 4.30. The van der Waals surface area contributed by atoms with E-state index in [-0.39, 0.29) is 12.4 Å². The molecule has 0 radical (unpaired) electrons. The zero-order chi connectivity index (χ0) is 13.1. The summed E-state index contributed by atoms with van der Waals surface area (Å²) in [6.07, 6.45) is 0.741. The number of likely N-dealkylation sites (N-methyl/N-ethyl adjacent to an activating group) is 1. The minimum Gasteiger partial charge on any atom is -0.334 e. The monoisotopic (exact) mass is 413 g/mol. The van der Waals surface area contributed by atoms with Gasteiger partial charge >= 0.3 is 0 Å². The molecule has 19 heavy (non-hydrogen) atoms. The molecule has 0 amide bonds. The molecule has 0 spiro atoms. The van der Waals surface area contributed by atoms with Gasteiger partial charge in [-0.15, -0.1) is 12.4 Å². The van der Waals surface area contributed by atoms with Gasteiger partial charge in [0.25, 0.3) is 5.89 Å². The normalized spacial score (nSPS) is 12.0. The van der Waals surface area contributed by atoms with Crippen LogP contribution in [0.2, 0.25) is 5.02 Å². The molecule has 0 saturated heterocycles. The Balaban J connectivity index is 0.00000180. The topological polar surface area (TPSA) is 51.0 Å². The van der Waals surface area contributed by atoms with Crippen LogP contribution >= 0.6 is 46.6 Å². The molecular weight excluding hydrogens is 400 g/mol. The van der Waals surface area contributed by atoms with Gasteiger partial charge in [0.05, 0.1) is 5.02 Å². The zero-order valence-corrected chi connectivity index (χ0v) is 14.2. The van der Waals surface area contributed by atoms with Crippen LogP contribution in [0.25, 0.3) is 11.5 Å². The van der Waals surface area contributed by atoms with E-state index < -0.39 is 0 Å². The molecule has 0 saturated carbocycles. The van der Waals surface area contributed by atoms with Gasteiger partial charge in [0.2, 0.25) is 0 Å². The van der Waals surface area contributed by atoms with Crippen molar-refractivity contribution in [3.63, 3.8) is 0 Å². The highest BCUT2D eigenvalue weighted by molar-refractivity contribution is 14.1. The van der Waals surface area contributed by atoms with E-state index in [1.807, 2.05) is 25.2 Å². The molecule has 0 aliphatic rings. The second kappa shape index (κ2) is 7.42.